The molecule has 0 atom stereocenters. The maximum Gasteiger partial charge on any atom is 0.327 e. The van der Waals surface area contributed by atoms with Gasteiger partial charge in [0.1, 0.15) is 5.69 Å². The zero-order valence-electron chi connectivity index (χ0n) is 9.98. The molecule has 0 spiro atoms. The van der Waals surface area contributed by atoms with Crippen molar-refractivity contribution in [1.29, 1.82) is 0 Å². The van der Waals surface area contributed by atoms with E-state index in [1.54, 1.807) is 25.1 Å². The predicted octanol–water partition coefficient (Wildman–Crippen LogP) is 4.44. The third kappa shape index (κ3) is 2.66. The Morgan fingerprint density at radius 3 is 2.53 bits per heavy atom. The van der Waals surface area contributed by atoms with Gasteiger partial charge < -0.3 is 5.32 Å². The van der Waals surface area contributed by atoms with Crippen LogP contribution >= 0.6 is 11.6 Å². The minimum Gasteiger partial charge on any atom is -0.350 e. The molecule has 0 aliphatic heterocycles. The Morgan fingerprint density at radius 2 is 1.84 bits per heavy atom. The molecule has 98 valence electrons. The molecule has 0 saturated heterocycles. The van der Waals surface area contributed by atoms with Crippen LogP contribution in [0.5, 0.6) is 0 Å². The number of hydrogen-bond acceptors (Lipinski definition) is 3. The number of rotatable bonds is 3. The monoisotopic (exact) mass is 280 g/mol. The molecule has 0 fully saturated rings. The van der Waals surface area contributed by atoms with Gasteiger partial charge in [-0.25, -0.2) is 0 Å². The first-order chi connectivity index (χ1) is 9.00. The molecule has 2 aromatic rings. The summed E-state index contributed by atoms with van der Waals surface area (Å²) < 4.78 is 13.5. The van der Waals surface area contributed by atoms with Gasteiger partial charge in [0, 0.05) is 10.7 Å². The van der Waals surface area contributed by atoms with Crippen molar-refractivity contribution >= 4 is 28.7 Å². The first kappa shape index (κ1) is 13.3. The lowest BCUT2D eigenvalue weighted by atomic mass is 10.2. The Hall–Kier alpha value is -2.14. The van der Waals surface area contributed by atoms with Gasteiger partial charge in [-0.1, -0.05) is 23.7 Å². The maximum absolute atomic E-state index is 13.5. The molecule has 0 heterocycles. The van der Waals surface area contributed by atoms with E-state index < -0.39 is 16.4 Å². The van der Waals surface area contributed by atoms with E-state index in [0.29, 0.717) is 10.7 Å². The first-order valence-electron chi connectivity index (χ1n) is 5.45. The van der Waals surface area contributed by atoms with Crippen molar-refractivity contribution in [2.24, 2.45) is 0 Å². The van der Waals surface area contributed by atoms with Crippen LogP contribution in [-0.4, -0.2) is 4.92 Å². The molecule has 1 N–H and O–H groups in total. The van der Waals surface area contributed by atoms with E-state index in [1.807, 2.05) is 0 Å². The maximum atomic E-state index is 13.5. The van der Waals surface area contributed by atoms with Gasteiger partial charge in [-0.3, -0.25) is 10.1 Å². The van der Waals surface area contributed by atoms with Gasteiger partial charge in [0.15, 0.2) is 0 Å². The molecule has 0 aliphatic carbocycles. The number of hydrogen-bond donors (Lipinski definition) is 1. The molecule has 0 aromatic heterocycles. The quantitative estimate of drug-likeness (QED) is 0.668. The average Bonchev–Trinajstić information content (AvgIpc) is 2.34. The summed E-state index contributed by atoms with van der Waals surface area (Å²) in [6, 6.07) is 9.04. The van der Waals surface area contributed by atoms with Gasteiger partial charge in [0.2, 0.25) is 5.82 Å². The summed E-state index contributed by atoms with van der Waals surface area (Å²) in [5, 5.41) is 14.3. The molecule has 0 unspecified atom stereocenters. The van der Waals surface area contributed by atoms with Gasteiger partial charge in [0.25, 0.3) is 0 Å². The SMILES string of the molecule is Cc1c(Cl)cccc1Nc1cccc(F)c1[N+](=O)[O-]. The molecule has 0 saturated carbocycles. The van der Waals surface area contributed by atoms with Crippen molar-refractivity contribution in [3.8, 4) is 0 Å². The summed E-state index contributed by atoms with van der Waals surface area (Å²) in [6.45, 7) is 1.77. The Labute approximate surface area is 114 Å². The smallest absolute Gasteiger partial charge is 0.327 e. The minimum atomic E-state index is -0.880. The number of nitro benzene ring substituents is 1. The van der Waals surface area contributed by atoms with Crippen molar-refractivity contribution in [3.05, 3.63) is 62.9 Å². The van der Waals surface area contributed by atoms with E-state index in [4.69, 9.17) is 11.6 Å². The summed E-state index contributed by atoms with van der Waals surface area (Å²) in [6.07, 6.45) is 0. The van der Waals surface area contributed by atoms with Crippen LogP contribution in [0.25, 0.3) is 0 Å². The van der Waals surface area contributed by atoms with Crippen LogP contribution in [0.15, 0.2) is 36.4 Å². The Balaban J connectivity index is 2.47. The van der Waals surface area contributed by atoms with E-state index in [2.05, 4.69) is 5.32 Å². The fraction of sp³-hybridized carbons (Fsp3) is 0.0769. The number of halogens is 2. The Morgan fingerprint density at radius 1 is 1.21 bits per heavy atom. The van der Waals surface area contributed by atoms with Crippen LogP contribution in [0, 0.1) is 22.9 Å². The number of benzene rings is 2. The van der Waals surface area contributed by atoms with Crippen molar-refractivity contribution in [3.63, 3.8) is 0 Å². The van der Waals surface area contributed by atoms with E-state index in [9.17, 15) is 14.5 Å². The van der Waals surface area contributed by atoms with Gasteiger partial charge >= 0.3 is 5.69 Å². The topological polar surface area (TPSA) is 55.2 Å². The summed E-state index contributed by atoms with van der Waals surface area (Å²) >= 11 is 5.97. The summed E-state index contributed by atoms with van der Waals surface area (Å²) in [5.41, 5.74) is 0.848. The largest absolute Gasteiger partial charge is 0.350 e. The third-order valence-corrected chi connectivity index (χ3v) is 3.12. The molecule has 2 rings (SSSR count). The second-order valence-electron chi connectivity index (χ2n) is 3.93. The minimum absolute atomic E-state index is 0.0929. The molecule has 6 heteroatoms. The second kappa shape index (κ2) is 5.24. The van der Waals surface area contributed by atoms with E-state index >= 15 is 0 Å². The number of nitrogens with zero attached hydrogens (tertiary/aromatic N) is 1. The zero-order valence-corrected chi connectivity index (χ0v) is 10.7. The molecule has 2 aromatic carbocycles. The standard InChI is InChI=1S/C13H10ClFN2O2/c1-8-9(14)4-2-6-11(8)16-12-7-3-5-10(15)13(12)17(18)19/h2-7,16H,1H3. The average molecular weight is 281 g/mol. The van der Waals surface area contributed by atoms with Crippen molar-refractivity contribution in [2.45, 2.75) is 6.92 Å². The highest BCUT2D eigenvalue weighted by Gasteiger charge is 2.20. The number of para-hydroxylation sites is 1. The first-order valence-corrected chi connectivity index (χ1v) is 5.83. The van der Waals surface area contributed by atoms with Crippen molar-refractivity contribution < 1.29 is 9.31 Å². The Kier molecular flexibility index (Phi) is 3.66. The van der Waals surface area contributed by atoms with Crippen LogP contribution < -0.4 is 5.32 Å². The van der Waals surface area contributed by atoms with Crippen molar-refractivity contribution in [1.82, 2.24) is 0 Å². The summed E-state index contributed by atoms with van der Waals surface area (Å²) in [4.78, 5) is 10.1. The van der Waals surface area contributed by atoms with Crippen LogP contribution in [0.3, 0.4) is 0 Å². The molecular weight excluding hydrogens is 271 g/mol. The lowest BCUT2D eigenvalue weighted by Crippen LogP contribution is -2.00. The van der Waals surface area contributed by atoms with Crippen molar-refractivity contribution in [2.75, 3.05) is 5.32 Å². The summed E-state index contributed by atoms with van der Waals surface area (Å²) in [5.74, 6) is -0.880. The molecule has 0 aliphatic rings. The highest BCUT2D eigenvalue weighted by molar-refractivity contribution is 6.31. The lowest BCUT2D eigenvalue weighted by molar-refractivity contribution is -0.386. The lowest BCUT2D eigenvalue weighted by Gasteiger charge is -2.11. The molecule has 0 amide bonds. The van der Waals surface area contributed by atoms with Crippen LogP contribution in [0.2, 0.25) is 5.02 Å². The van der Waals surface area contributed by atoms with E-state index in [0.717, 1.165) is 11.6 Å². The van der Waals surface area contributed by atoms with Gasteiger partial charge in [-0.15, -0.1) is 0 Å². The zero-order chi connectivity index (χ0) is 14.0. The fourth-order valence-corrected chi connectivity index (χ4v) is 1.86. The number of nitro groups is 1. The molecular formula is C13H10ClFN2O2. The molecule has 4 nitrogen and oxygen atoms in total. The highest BCUT2D eigenvalue weighted by Crippen LogP contribution is 2.32. The van der Waals surface area contributed by atoms with Gasteiger partial charge in [-0.2, -0.15) is 4.39 Å². The number of nitrogens with one attached hydrogen (secondary N) is 1. The second-order valence-corrected chi connectivity index (χ2v) is 4.34. The van der Waals surface area contributed by atoms with Crippen LogP contribution in [-0.2, 0) is 0 Å². The van der Waals surface area contributed by atoms with E-state index in [-0.39, 0.29) is 5.69 Å². The van der Waals surface area contributed by atoms with Gasteiger partial charge in [-0.05, 0) is 36.8 Å². The van der Waals surface area contributed by atoms with E-state index in [1.165, 1.54) is 12.1 Å². The summed E-state index contributed by atoms with van der Waals surface area (Å²) in [7, 11) is 0. The number of anilines is 2. The Bertz CT molecular complexity index is 647. The van der Waals surface area contributed by atoms with Crippen LogP contribution in [0.1, 0.15) is 5.56 Å². The molecule has 0 bridgehead atoms. The highest BCUT2D eigenvalue weighted by atomic mass is 35.5. The molecule has 0 radical (unpaired) electrons. The van der Waals surface area contributed by atoms with Gasteiger partial charge in [0.05, 0.1) is 4.92 Å². The fourth-order valence-electron chi connectivity index (χ4n) is 1.69. The third-order valence-electron chi connectivity index (χ3n) is 2.71. The van der Waals surface area contributed by atoms with Crippen LogP contribution in [0.4, 0.5) is 21.5 Å². The molecule has 19 heavy (non-hydrogen) atoms. The predicted molar refractivity (Wildman–Crippen MR) is 72.5 cm³/mol. The normalized spacial score (nSPS) is 10.3.